The molecule has 0 bridgehead atoms. The Balaban J connectivity index is 2.07. The second kappa shape index (κ2) is 6.09. The Kier molecular flexibility index (Phi) is 4.00. The van der Waals surface area contributed by atoms with Gasteiger partial charge in [-0.2, -0.15) is 10.5 Å². The van der Waals surface area contributed by atoms with Crippen LogP contribution in [0.4, 0.5) is 5.69 Å². The molecule has 0 saturated heterocycles. The molecule has 0 spiro atoms. The molecule has 4 heteroatoms. The molecule has 2 aromatic rings. The fraction of sp³-hybridized carbons (Fsp3) is 0.0667. The van der Waals surface area contributed by atoms with Crippen molar-refractivity contribution in [3.05, 3.63) is 54.1 Å². The molecule has 0 atom stereocenters. The SMILES string of the molecule is N#CCNc1ccc(Oc2cccc(C#N)c2)cc1. The van der Waals surface area contributed by atoms with E-state index in [1.165, 1.54) is 0 Å². The molecule has 0 aliphatic rings. The number of hydrogen-bond acceptors (Lipinski definition) is 4. The van der Waals surface area contributed by atoms with Crippen molar-refractivity contribution in [2.75, 3.05) is 11.9 Å². The van der Waals surface area contributed by atoms with Gasteiger partial charge in [0, 0.05) is 5.69 Å². The first-order chi connectivity index (χ1) is 9.31. The first-order valence-electron chi connectivity index (χ1n) is 5.71. The summed E-state index contributed by atoms with van der Waals surface area (Å²) < 4.78 is 5.64. The van der Waals surface area contributed by atoms with Crippen LogP contribution in [0.1, 0.15) is 5.56 Å². The standard InChI is InChI=1S/C15H11N3O/c16-8-9-18-13-4-6-14(7-5-13)19-15-3-1-2-12(10-15)11-17/h1-7,10,18H,9H2. The van der Waals surface area contributed by atoms with Gasteiger partial charge >= 0.3 is 0 Å². The summed E-state index contributed by atoms with van der Waals surface area (Å²) in [7, 11) is 0. The summed E-state index contributed by atoms with van der Waals surface area (Å²) in [4.78, 5) is 0. The lowest BCUT2D eigenvalue weighted by atomic mass is 10.2. The smallest absolute Gasteiger partial charge is 0.128 e. The molecule has 1 N–H and O–H groups in total. The van der Waals surface area contributed by atoms with Gasteiger partial charge in [-0.3, -0.25) is 0 Å². The fourth-order valence-electron chi connectivity index (χ4n) is 1.55. The van der Waals surface area contributed by atoms with Crippen molar-refractivity contribution in [1.29, 1.82) is 10.5 Å². The largest absolute Gasteiger partial charge is 0.457 e. The van der Waals surface area contributed by atoms with Gasteiger partial charge in [-0.1, -0.05) is 6.07 Å². The highest BCUT2D eigenvalue weighted by Gasteiger charge is 1.99. The molecule has 0 aliphatic carbocycles. The number of hydrogen-bond donors (Lipinski definition) is 1. The maximum absolute atomic E-state index is 8.81. The highest BCUT2D eigenvalue weighted by Crippen LogP contribution is 2.23. The van der Waals surface area contributed by atoms with Crippen LogP contribution in [0.2, 0.25) is 0 Å². The van der Waals surface area contributed by atoms with E-state index in [9.17, 15) is 0 Å². The lowest BCUT2D eigenvalue weighted by Gasteiger charge is -2.07. The molecular formula is C15H11N3O. The Morgan fingerprint density at radius 1 is 1.00 bits per heavy atom. The summed E-state index contributed by atoms with van der Waals surface area (Å²) >= 11 is 0. The molecule has 0 fully saturated rings. The van der Waals surface area contributed by atoms with Crippen molar-refractivity contribution in [1.82, 2.24) is 0 Å². The zero-order valence-electron chi connectivity index (χ0n) is 10.1. The van der Waals surface area contributed by atoms with Crippen LogP contribution in [0.15, 0.2) is 48.5 Å². The van der Waals surface area contributed by atoms with Gasteiger partial charge in [0.2, 0.25) is 0 Å². The van der Waals surface area contributed by atoms with Crippen molar-refractivity contribution in [2.45, 2.75) is 0 Å². The van der Waals surface area contributed by atoms with Gasteiger partial charge in [0.05, 0.1) is 17.7 Å². The first kappa shape index (κ1) is 12.5. The molecule has 0 aromatic heterocycles. The molecule has 4 nitrogen and oxygen atoms in total. The van der Waals surface area contributed by atoms with Crippen LogP contribution < -0.4 is 10.1 Å². The predicted octanol–water partition coefficient (Wildman–Crippen LogP) is 3.29. The quantitative estimate of drug-likeness (QED) is 0.844. The summed E-state index contributed by atoms with van der Waals surface area (Å²) in [6, 6.07) is 18.3. The van der Waals surface area contributed by atoms with Gasteiger partial charge in [-0.15, -0.1) is 0 Å². The lowest BCUT2D eigenvalue weighted by molar-refractivity contribution is 0.482. The summed E-state index contributed by atoms with van der Waals surface area (Å²) in [6.45, 7) is 0.268. The van der Waals surface area contributed by atoms with Gasteiger partial charge in [-0.25, -0.2) is 0 Å². The van der Waals surface area contributed by atoms with Crippen molar-refractivity contribution >= 4 is 5.69 Å². The number of anilines is 1. The minimum atomic E-state index is 0.268. The fourth-order valence-corrected chi connectivity index (χ4v) is 1.55. The molecule has 0 radical (unpaired) electrons. The van der Waals surface area contributed by atoms with E-state index in [0.29, 0.717) is 17.1 Å². The number of ether oxygens (including phenoxy) is 1. The van der Waals surface area contributed by atoms with Crippen molar-refractivity contribution in [3.63, 3.8) is 0 Å². The van der Waals surface area contributed by atoms with Gasteiger partial charge in [0.25, 0.3) is 0 Å². The number of nitrogens with one attached hydrogen (secondary N) is 1. The summed E-state index contributed by atoms with van der Waals surface area (Å²) in [5.74, 6) is 1.30. The maximum atomic E-state index is 8.81. The monoisotopic (exact) mass is 249 g/mol. The molecule has 19 heavy (non-hydrogen) atoms. The van der Waals surface area contributed by atoms with E-state index in [1.807, 2.05) is 18.2 Å². The van der Waals surface area contributed by atoms with Crippen molar-refractivity contribution < 1.29 is 4.74 Å². The van der Waals surface area contributed by atoms with Crippen molar-refractivity contribution in [3.8, 4) is 23.6 Å². The van der Waals surface area contributed by atoms with Gasteiger partial charge < -0.3 is 10.1 Å². The lowest BCUT2D eigenvalue weighted by Crippen LogP contribution is -1.97. The van der Waals surface area contributed by atoms with Gasteiger partial charge in [0.15, 0.2) is 0 Å². The molecule has 0 amide bonds. The highest BCUT2D eigenvalue weighted by atomic mass is 16.5. The molecule has 92 valence electrons. The minimum Gasteiger partial charge on any atom is -0.457 e. The molecule has 2 rings (SSSR count). The van der Waals surface area contributed by atoms with E-state index in [2.05, 4.69) is 11.4 Å². The van der Waals surface area contributed by atoms with Gasteiger partial charge in [-0.05, 0) is 42.5 Å². The van der Waals surface area contributed by atoms with Crippen LogP contribution in [0.25, 0.3) is 0 Å². The van der Waals surface area contributed by atoms with E-state index in [4.69, 9.17) is 15.3 Å². The predicted molar refractivity (Wildman–Crippen MR) is 71.8 cm³/mol. The Bertz CT molecular complexity index is 636. The van der Waals surface area contributed by atoms with E-state index >= 15 is 0 Å². The molecule has 0 saturated carbocycles. The third kappa shape index (κ3) is 3.49. The zero-order valence-corrected chi connectivity index (χ0v) is 10.1. The Labute approximate surface area is 111 Å². The summed E-state index contributed by atoms with van der Waals surface area (Å²) in [5, 5.41) is 20.2. The van der Waals surface area contributed by atoms with E-state index in [1.54, 1.807) is 36.4 Å². The average Bonchev–Trinajstić information content (AvgIpc) is 2.47. The third-order valence-corrected chi connectivity index (χ3v) is 2.42. The van der Waals surface area contributed by atoms with Gasteiger partial charge in [0.1, 0.15) is 18.0 Å². The van der Waals surface area contributed by atoms with Crippen LogP contribution in [0.3, 0.4) is 0 Å². The molecular weight excluding hydrogens is 238 g/mol. The highest BCUT2D eigenvalue weighted by molar-refractivity contribution is 5.48. The Morgan fingerprint density at radius 3 is 2.47 bits per heavy atom. The Hall–Kier alpha value is -2.98. The normalized spacial score (nSPS) is 9.16. The van der Waals surface area contributed by atoms with E-state index in [0.717, 1.165) is 5.69 Å². The van der Waals surface area contributed by atoms with E-state index in [-0.39, 0.29) is 6.54 Å². The second-order valence-corrected chi connectivity index (χ2v) is 3.78. The number of rotatable bonds is 4. The molecule has 0 heterocycles. The summed E-state index contributed by atoms with van der Waals surface area (Å²) in [5.41, 5.74) is 1.42. The van der Waals surface area contributed by atoms with Crippen LogP contribution in [-0.4, -0.2) is 6.54 Å². The zero-order chi connectivity index (χ0) is 13.5. The van der Waals surface area contributed by atoms with Crippen LogP contribution in [-0.2, 0) is 0 Å². The topological polar surface area (TPSA) is 68.8 Å². The third-order valence-electron chi connectivity index (χ3n) is 2.42. The first-order valence-corrected chi connectivity index (χ1v) is 5.71. The Morgan fingerprint density at radius 2 is 1.79 bits per heavy atom. The number of nitrogens with zero attached hydrogens (tertiary/aromatic N) is 2. The second-order valence-electron chi connectivity index (χ2n) is 3.78. The van der Waals surface area contributed by atoms with Crippen LogP contribution in [0, 0.1) is 22.7 Å². The molecule has 2 aromatic carbocycles. The van der Waals surface area contributed by atoms with Crippen LogP contribution in [0.5, 0.6) is 11.5 Å². The van der Waals surface area contributed by atoms with Crippen molar-refractivity contribution in [2.24, 2.45) is 0 Å². The maximum Gasteiger partial charge on any atom is 0.128 e. The number of benzene rings is 2. The molecule has 0 aliphatic heterocycles. The molecule has 0 unspecified atom stereocenters. The summed E-state index contributed by atoms with van der Waals surface area (Å²) in [6.07, 6.45) is 0. The average molecular weight is 249 g/mol. The van der Waals surface area contributed by atoms with Crippen LogP contribution >= 0.6 is 0 Å². The minimum absolute atomic E-state index is 0.268. The van der Waals surface area contributed by atoms with E-state index < -0.39 is 0 Å². The number of nitriles is 2.